The molecule has 35 heavy (non-hydrogen) atoms. The summed E-state index contributed by atoms with van der Waals surface area (Å²) in [4.78, 5) is 10.0. The predicted molar refractivity (Wildman–Crippen MR) is 123 cm³/mol. The predicted octanol–water partition coefficient (Wildman–Crippen LogP) is 2.07. The molecule has 2 heterocycles. The third-order valence-corrected chi connectivity index (χ3v) is 6.33. The van der Waals surface area contributed by atoms with Crippen LogP contribution in [0.4, 0.5) is 5.69 Å². The Morgan fingerprint density at radius 3 is 2.63 bits per heavy atom. The second-order valence-electron chi connectivity index (χ2n) is 7.03. The van der Waals surface area contributed by atoms with Crippen LogP contribution >= 0.6 is 0 Å². The van der Waals surface area contributed by atoms with Crippen LogP contribution in [0.2, 0.25) is 0 Å². The molecule has 13 nitrogen and oxygen atoms in total. The average Bonchev–Trinajstić information content (AvgIpc) is 3.29. The normalized spacial score (nSPS) is 11.4. The number of nitrogens with one attached hydrogen (secondary N) is 1. The summed E-state index contributed by atoms with van der Waals surface area (Å²) >= 11 is 0. The van der Waals surface area contributed by atoms with Crippen molar-refractivity contribution in [3.05, 3.63) is 64.7 Å². The molecule has 2 aromatic carbocycles. The number of nitrogens with zero attached hydrogens (tertiary/aromatic N) is 5. The Balaban J connectivity index is 1.47. The minimum atomic E-state index is -3.96. The number of nitro benzene ring substituents is 1. The van der Waals surface area contributed by atoms with E-state index in [4.69, 9.17) is 14.2 Å². The fourth-order valence-electron chi connectivity index (χ4n) is 3.18. The first kappa shape index (κ1) is 23.8. The van der Waals surface area contributed by atoms with E-state index in [-0.39, 0.29) is 29.6 Å². The molecule has 0 spiro atoms. The van der Waals surface area contributed by atoms with Crippen molar-refractivity contribution in [3.8, 4) is 28.8 Å². The highest BCUT2D eigenvalue weighted by Gasteiger charge is 2.18. The lowest BCUT2D eigenvalue weighted by atomic mass is 10.2. The Kier molecular flexibility index (Phi) is 6.75. The van der Waals surface area contributed by atoms with E-state index < -0.39 is 14.9 Å². The van der Waals surface area contributed by atoms with Gasteiger partial charge in [-0.15, -0.1) is 15.3 Å². The van der Waals surface area contributed by atoms with Gasteiger partial charge in [-0.05, 0) is 24.3 Å². The van der Waals surface area contributed by atoms with Gasteiger partial charge in [0.1, 0.15) is 18.1 Å². The van der Waals surface area contributed by atoms with Gasteiger partial charge in [0, 0.05) is 30.8 Å². The SMILES string of the molecule is COc1ccc(-c2nnc3ccc(OCCNS(=O)(=O)c4cccc([N+](=O)[O-])c4)nn23)c(OC)c1. The highest BCUT2D eigenvalue weighted by atomic mass is 32.2. The van der Waals surface area contributed by atoms with Crippen LogP contribution in [0.1, 0.15) is 0 Å². The van der Waals surface area contributed by atoms with E-state index >= 15 is 0 Å². The number of benzene rings is 2. The van der Waals surface area contributed by atoms with Gasteiger partial charge in [0.05, 0.1) is 29.6 Å². The maximum absolute atomic E-state index is 12.4. The fraction of sp³-hybridized carbons (Fsp3) is 0.190. The van der Waals surface area contributed by atoms with Gasteiger partial charge in [0.15, 0.2) is 11.5 Å². The first-order valence-electron chi connectivity index (χ1n) is 10.1. The topological polar surface area (TPSA) is 160 Å². The summed E-state index contributed by atoms with van der Waals surface area (Å²) < 4.78 is 44.9. The Hall–Kier alpha value is -4.30. The average molecular weight is 500 g/mol. The van der Waals surface area contributed by atoms with Gasteiger partial charge in [-0.1, -0.05) is 6.07 Å². The van der Waals surface area contributed by atoms with Gasteiger partial charge >= 0.3 is 0 Å². The van der Waals surface area contributed by atoms with Crippen LogP contribution in [0, 0.1) is 10.1 Å². The molecule has 0 aliphatic heterocycles. The zero-order chi connectivity index (χ0) is 25.0. The molecule has 0 radical (unpaired) electrons. The van der Waals surface area contributed by atoms with E-state index in [1.165, 1.54) is 29.8 Å². The Labute approximate surface area is 199 Å². The van der Waals surface area contributed by atoms with Crippen LogP contribution in [0.5, 0.6) is 17.4 Å². The minimum absolute atomic E-state index is 0.0457. The summed E-state index contributed by atoms with van der Waals surface area (Å²) in [6.45, 7) is -0.137. The first-order valence-corrected chi connectivity index (χ1v) is 11.6. The van der Waals surface area contributed by atoms with E-state index in [0.717, 1.165) is 6.07 Å². The van der Waals surface area contributed by atoms with E-state index in [1.54, 1.807) is 37.4 Å². The maximum atomic E-state index is 12.4. The summed E-state index contributed by atoms with van der Waals surface area (Å²) in [5, 5.41) is 23.6. The first-order chi connectivity index (χ1) is 16.8. The molecule has 4 rings (SSSR count). The van der Waals surface area contributed by atoms with Crippen molar-refractivity contribution < 1.29 is 27.6 Å². The molecule has 4 aromatic rings. The van der Waals surface area contributed by atoms with Gasteiger partial charge in [0.2, 0.25) is 15.9 Å². The lowest BCUT2D eigenvalue weighted by molar-refractivity contribution is -0.385. The molecule has 0 amide bonds. The molecule has 0 atom stereocenters. The lowest BCUT2D eigenvalue weighted by Gasteiger charge is -2.10. The third-order valence-electron chi connectivity index (χ3n) is 4.87. The summed E-state index contributed by atoms with van der Waals surface area (Å²) in [7, 11) is -0.879. The number of aromatic nitrogens is 4. The second-order valence-corrected chi connectivity index (χ2v) is 8.80. The van der Waals surface area contributed by atoms with E-state index in [0.29, 0.717) is 28.5 Å². The summed E-state index contributed by atoms with van der Waals surface area (Å²) in [5.41, 5.74) is 0.784. The molecule has 1 N–H and O–H groups in total. The number of ether oxygens (including phenoxy) is 3. The Bertz CT molecular complexity index is 1490. The van der Waals surface area contributed by atoms with Crippen molar-refractivity contribution >= 4 is 21.4 Å². The standard InChI is InChI=1S/C21H20N6O7S/c1-32-15-6-7-17(18(13-15)33-2)21-24-23-19-8-9-20(25-26(19)21)34-11-10-22-35(30,31)16-5-3-4-14(12-16)27(28)29/h3-9,12-13,22H,10-11H2,1-2H3. The number of hydrogen-bond acceptors (Lipinski definition) is 10. The van der Waals surface area contributed by atoms with Crippen molar-refractivity contribution in [1.82, 2.24) is 24.5 Å². The molecule has 0 aliphatic rings. The number of fused-ring (bicyclic) bond motifs is 1. The van der Waals surface area contributed by atoms with Gasteiger partial charge in [-0.25, -0.2) is 13.1 Å². The van der Waals surface area contributed by atoms with Crippen LogP contribution in [0.15, 0.2) is 59.5 Å². The quantitative estimate of drug-likeness (QED) is 0.194. The van der Waals surface area contributed by atoms with Crippen LogP contribution in [-0.4, -0.2) is 60.5 Å². The third kappa shape index (κ3) is 5.12. The molecule has 0 saturated heterocycles. The molecular formula is C21H20N6O7S. The van der Waals surface area contributed by atoms with Gasteiger partial charge in [-0.3, -0.25) is 10.1 Å². The Morgan fingerprint density at radius 2 is 1.89 bits per heavy atom. The summed E-state index contributed by atoms with van der Waals surface area (Å²) in [6.07, 6.45) is 0. The summed E-state index contributed by atoms with van der Waals surface area (Å²) in [6, 6.07) is 13.2. The number of rotatable bonds is 10. The van der Waals surface area contributed by atoms with Crippen LogP contribution in [-0.2, 0) is 10.0 Å². The molecule has 14 heteroatoms. The van der Waals surface area contributed by atoms with Crippen LogP contribution < -0.4 is 18.9 Å². The number of methoxy groups -OCH3 is 2. The van der Waals surface area contributed by atoms with E-state index in [2.05, 4.69) is 20.0 Å². The minimum Gasteiger partial charge on any atom is -0.497 e. The number of non-ortho nitro benzene ring substituents is 1. The lowest BCUT2D eigenvalue weighted by Crippen LogP contribution is -2.28. The number of nitro groups is 1. The monoisotopic (exact) mass is 500 g/mol. The van der Waals surface area contributed by atoms with Crippen molar-refractivity contribution in [2.45, 2.75) is 4.90 Å². The zero-order valence-corrected chi connectivity index (χ0v) is 19.4. The molecule has 0 fully saturated rings. The number of sulfonamides is 1. The molecule has 0 unspecified atom stereocenters. The smallest absolute Gasteiger partial charge is 0.270 e. The maximum Gasteiger partial charge on any atom is 0.270 e. The largest absolute Gasteiger partial charge is 0.497 e. The highest BCUT2D eigenvalue weighted by molar-refractivity contribution is 7.89. The molecule has 0 saturated carbocycles. The highest BCUT2D eigenvalue weighted by Crippen LogP contribution is 2.32. The van der Waals surface area contributed by atoms with E-state index in [1.807, 2.05) is 0 Å². The van der Waals surface area contributed by atoms with Crippen LogP contribution in [0.3, 0.4) is 0 Å². The van der Waals surface area contributed by atoms with Crippen molar-refractivity contribution in [1.29, 1.82) is 0 Å². The second kappa shape index (κ2) is 9.90. The Morgan fingerprint density at radius 1 is 1.06 bits per heavy atom. The molecule has 2 aromatic heterocycles. The van der Waals surface area contributed by atoms with Gasteiger partial charge in [0.25, 0.3) is 5.69 Å². The van der Waals surface area contributed by atoms with Gasteiger partial charge < -0.3 is 14.2 Å². The van der Waals surface area contributed by atoms with Crippen molar-refractivity contribution in [3.63, 3.8) is 0 Å². The van der Waals surface area contributed by atoms with Gasteiger partial charge in [-0.2, -0.15) is 4.52 Å². The van der Waals surface area contributed by atoms with Crippen molar-refractivity contribution in [2.24, 2.45) is 0 Å². The van der Waals surface area contributed by atoms with Crippen molar-refractivity contribution in [2.75, 3.05) is 27.4 Å². The van der Waals surface area contributed by atoms with Crippen LogP contribution in [0.25, 0.3) is 17.0 Å². The molecule has 0 aliphatic carbocycles. The molecule has 182 valence electrons. The zero-order valence-electron chi connectivity index (χ0n) is 18.6. The molecule has 0 bridgehead atoms. The van der Waals surface area contributed by atoms with E-state index in [9.17, 15) is 18.5 Å². The molecular weight excluding hydrogens is 480 g/mol. The number of hydrogen-bond donors (Lipinski definition) is 1. The summed E-state index contributed by atoms with van der Waals surface area (Å²) in [5.74, 6) is 1.75. The fourth-order valence-corrected chi connectivity index (χ4v) is 4.23.